The molecule has 0 bridgehead atoms. The van der Waals surface area contributed by atoms with Crippen molar-refractivity contribution in [3.63, 3.8) is 0 Å². The third-order valence-electron chi connectivity index (χ3n) is 6.51. The van der Waals surface area contributed by atoms with Gasteiger partial charge in [0.05, 0.1) is 0 Å². The molecule has 192 valence electrons. The molecule has 4 aromatic carbocycles. The van der Waals surface area contributed by atoms with E-state index < -0.39 is 38.4 Å². The topological polar surface area (TPSA) is 27.7 Å². The summed E-state index contributed by atoms with van der Waals surface area (Å²) in [4.78, 5) is 0. The van der Waals surface area contributed by atoms with E-state index >= 15 is 0 Å². The van der Waals surface area contributed by atoms with Crippen LogP contribution >= 0.6 is 0 Å². The van der Waals surface area contributed by atoms with Crippen molar-refractivity contribution < 1.29 is 7.56 Å². The Balaban J connectivity index is 1.98. The first kappa shape index (κ1) is 28.4. The summed E-state index contributed by atoms with van der Waals surface area (Å²) < 4.78 is 26.8. The van der Waals surface area contributed by atoms with Crippen molar-refractivity contribution in [3.8, 4) is 0 Å². The Morgan fingerprint density at radius 2 is 0.703 bits per heavy atom. The van der Waals surface area contributed by atoms with Crippen LogP contribution in [0.4, 0.5) is 0 Å². The Kier molecular flexibility index (Phi) is 11.1. The minimum atomic E-state index is -4.24. The van der Waals surface area contributed by atoms with Gasteiger partial charge in [0.15, 0.2) is 0 Å². The van der Waals surface area contributed by atoms with Crippen LogP contribution in [0.2, 0.25) is 0 Å². The van der Waals surface area contributed by atoms with Crippen molar-refractivity contribution in [2.24, 2.45) is 0 Å². The Hall–Kier alpha value is -1.64. The summed E-state index contributed by atoms with van der Waals surface area (Å²) in [6, 6.07) is 42.8. The van der Waals surface area contributed by atoms with Gasteiger partial charge in [-0.15, -0.1) is 0 Å². The van der Waals surface area contributed by atoms with Crippen molar-refractivity contribution >= 4 is 52.7 Å². The van der Waals surface area contributed by atoms with Gasteiger partial charge in [0, 0.05) is 0 Å². The second-order valence-electron chi connectivity index (χ2n) is 9.20. The maximum absolute atomic E-state index is 7.84. The average molecular weight is 708 g/mol. The van der Waals surface area contributed by atoms with E-state index in [0.29, 0.717) is 13.2 Å². The van der Waals surface area contributed by atoms with Crippen LogP contribution in [0, 0.1) is 0 Å². The van der Waals surface area contributed by atoms with Gasteiger partial charge in [-0.2, -0.15) is 0 Å². The van der Waals surface area contributed by atoms with E-state index in [2.05, 4.69) is 135 Å². The zero-order valence-corrected chi connectivity index (χ0v) is 27.7. The SMILES string of the molecule is CCCC[O][Sn]([O][Sn]([O]CCCC)([c]1ccccc1)[c]1ccccc1)([c]1ccccc1)[c]1ccccc1. The molecular weight excluding hydrogens is 670 g/mol. The zero-order valence-electron chi connectivity index (χ0n) is 22.0. The summed E-state index contributed by atoms with van der Waals surface area (Å²) in [5, 5.41) is 0. The predicted molar refractivity (Wildman–Crippen MR) is 159 cm³/mol. The van der Waals surface area contributed by atoms with Crippen LogP contribution < -0.4 is 14.3 Å². The average Bonchev–Trinajstić information content (AvgIpc) is 2.98. The van der Waals surface area contributed by atoms with E-state index in [9.17, 15) is 0 Å². The molecule has 0 aromatic heterocycles. The molecule has 0 fully saturated rings. The second-order valence-corrected chi connectivity index (χ2v) is 29.0. The first-order valence-corrected chi connectivity index (χ1v) is 23.8. The van der Waals surface area contributed by atoms with Crippen LogP contribution in [-0.4, -0.2) is 51.6 Å². The fraction of sp³-hybridized carbons (Fsp3) is 0.250. The number of hydrogen-bond donors (Lipinski definition) is 0. The molecule has 0 radical (unpaired) electrons. The normalized spacial score (nSPS) is 11.9. The summed E-state index contributed by atoms with van der Waals surface area (Å²) in [5.41, 5.74) is 0. The number of rotatable bonds is 14. The molecule has 5 heteroatoms. The molecule has 0 saturated heterocycles. The quantitative estimate of drug-likeness (QED) is 0.134. The molecule has 0 amide bonds. The first-order chi connectivity index (χ1) is 18.2. The molecule has 3 nitrogen and oxygen atoms in total. The molecule has 0 N–H and O–H groups in total. The van der Waals surface area contributed by atoms with Crippen LogP contribution in [0.1, 0.15) is 39.5 Å². The molecular formula is C32H38O3Sn2. The van der Waals surface area contributed by atoms with E-state index in [1.165, 1.54) is 14.3 Å². The molecule has 0 spiro atoms. The van der Waals surface area contributed by atoms with Crippen molar-refractivity contribution in [3.05, 3.63) is 121 Å². The van der Waals surface area contributed by atoms with E-state index in [4.69, 9.17) is 7.56 Å². The molecule has 37 heavy (non-hydrogen) atoms. The van der Waals surface area contributed by atoms with E-state index in [1.807, 2.05) is 0 Å². The van der Waals surface area contributed by atoms with E-state index in [1.54, 1.807) is 0 Å². The Morgan fingerprint density at radius 3 is 0.946 bits per heavy atom. The van der Waals surface area contributed by atoms with E-state index in [0.717, 1.165) is 25.7 Å². The monoisotopic (exact) mass is 710 g/mol. The van der Waals surface area contributed by atoms with Crippen molar-refractivity contribution in [1.29, 1.82) is 0 Å². The maximum atomic E-state index is 7.84. The zero-order chi connectivity index (χ0) is 25.8. The van der Waals surface area contributed by atoms with Crippen molar-refractivity contribution in [2.45, 2.75) is 39.5 Å². The molecule has 0 atom stereocenters. The fourth-order valence-corrected chi connectivity index (χ4v) is 39.9. The second kappa shape index (κ2) is 14.5. The van der Waals surface area contributed by atoms with Gasteiger partial charge in [0.2, 0.25) is 0 Å². The summed E-state index contributed by atoms with van der Waals surface area (Å²) in [6.07, 6.45) is 4.14. The van der Waals surface area contributed by atoms with Gasteiger partial charge in [-0.05, 0) is 0 Å². The van der Waals surface area contributed by atoms with Gasteiger partial charge in [-0.1, -0.05) is 0 Å². The molecule has 0 unspecified atom stereocenters. The Morgan fingerprint density at radius 1 is 0.432 bits per heavy atom. The van der Waals surface area contributed by atoms with E-state index in [-0.39, 0.29) is 0 Å². The molecule has 0 heterocycles. The first-order valence-electron chi connectivity index (χ1n) is 13.5. The van der Waals surface area contributed by atoms with Gasteiger partial charge in [0.25, 0.3) is 0 Å². The molecule has 4 aromatic rings. The molecule has 0 aliphatic heterocycles. The van der Waals surface area contributed by atoms with Gasteiger partial charge < -0.3 is 0 Å². The van der Waals surface area contributed by atoms with Gasteiger partial charge in [-0.25, -0.2) is 0 Å². The van der Waals surface area contributed by atoms with Crippen LogP contribution in [-0.2, 0) is 7.56 Å². The molecule has 0 aliphatic carbocycles. The van der Waals surface area contributed by atoms with Crippen LogP contribution in [0.15, 0.2) is 121 Å². The molecule has 0 saturated carbocycles. The molecule has 0 aliphatic rings. The third-order valence-corrected chi connectivity index (χ3v) is 35.1. The standard InChI is InChI=1S/4C6H5.2C4H9O.O.2Sn/c4*1-2-4-6-5-3-1;2*1-2-3-4-5;;;/h4*1-5H;2*2-4H2,1H3;;;/q;;;;2*-1;;2*+1. The van der Waals surface area contributed by atoms with Crippen molar-refractivity contribution in [1.82, 2.24) is 0 Å². The summed E-state index contributed by atoms with van der Waals surface area (Å²) in [7, 11) is 0. The van der Waals surface area contributed by atoms with Crippen LogP contribution in [0.5, 0.6) is 0 Å². The summed E-state index contributed by atoms with van der Waals surface area (Å²) in [5.74, 6) is 0. The van der Waals surface area contributed by atoms with Gasteiger partial charge >= 0.3 is 234 Å². The summed E-state index contributed by atoms with van der Waals surface area (Å²) >= 11 is -8.48. The summed E-state index contributed by atoms with van der Waals surface area (Å²) in [6.45, 7) is 5.77. The number of benzene rings is 4. The fourth-order valence-electron chi connectivity index (χ4n) is 4.51. The van der Waals surface area contributed by atoms with Crippen molar-refractivity contribution in [2.75, 3.05) is 13.2 Å². The Bertz CT molecular complexity index is 998. The van der Waals surface area contributed by atoms with Gasteiger partial charge in [-0.3, -0.25) is 0 Å². The number of hydrogen-bond acceptors (Lipinski definition) is 3. The predicted octanol–water partition coefficient (Wildman–Crippen LogP) is 5.15. The van der Waals surface area contributed by atoms with Crippen LogP contribution in [0.3, 0.4) is 0 Å². The Labute approximate surface area is 232 Å². The van der Waals surface area contributed by atoms with Crippen LogP contribution in [0.25, 0.3) is 0 Å². The third kappa shape index (κ3) is 6.87. The van der Waals surface area contributed by atoms with Gasteiger partial charge in [0.1, 0.15) is 0 Å². The number of unbranched alkanes of at least 4 members (excludes halogenated alkanes) is 2. The molecule has 4 rings (SSSR count). The minimum absolute atomic E-state index is 0.677.